The van der Waals surface area contributed by atoms with Gasteiger partial charge >= 0.3 is 6.18 Å². The summed E-state index contributed by atoms with van der Waals surface area (Å²) in [5.74, 6) is -0.0626. The Morgan fingerprint density at radius 2 is 2.03 bits per heavy atom. The molecule has 2 aromatic heterocycles. The maximum Gasteiger partial charge on any atom is 0.424 e. The first-order chi connectivity index (χ1) is 13.2. The molecule has 0 aliphatic rings. The van der Waals surface area contributed by atoms with Gasteiger partial charge in [0, 0.05) is 63.0 Å². The van der Waals surface area contributed by atoms with Crippen molar-refractivity contribution in [2.75, 3.05) is 19.6 Å². The quantitative estimate of drug-likeness (QED) is 0.270. The fourth-order valence-corrected chi connectivity index (χ4v) is 3.41. The Labute approximate surface area is 188 Å². The SMILES string of the molecule is CCNC(=NCCC(O)(c1nccn1C)C(F)(F)F)NCCc1ncc(C)s1.I. The van der Waals surface area contributed by atoms with Gasteiger partial charge in [-0.05, 0) is 13.8 Å². The Balaban J connectivity index is 0.00000420. The van der Waals surface area contributed by atoms with Crippen LogP contribution in [0.25, 0.3) is 0 Å². The van der Waals surface area contributed by atoms with Gasteiger partial charge in [0.1, 0.15) is 5.82 Å². The number of aryl methyl sites for hydroxylation is 2. The molecular weight excluding hydrogens is 520 g/mol. The topological polar surface area (TPSA) is 87.4 Å². The molecular formula is C17H26F3IN6OS. The van der Waals surface area contributed by atoms with Gasteiger partial charge in [-0.25, -0.2) is 9.97 Å². The molecule has 29 heavy (non-hydrogen) atoms. The van der Waals surface area contributed by atoms with Crippen molar-refractivity contribution in [2.24, 2.45) is 12.0 Å². The number of nitrogens with zero attached hydrogens (tertiary/aromatic N) is 4. The van der Waals surface area contributed by atoms with E-state index in [9.17, 15) is 18.3 Å². The van der Waals surface area contributed by atoms with E-state index in [0.717, 1.165) is 14.5 Å². The number of alkyl halides is 3. The highest BCUT2D eigenvalue weighted by Gasteiger charge is 2.57. The van der Waals surface area contributed by atoms with Crippen LogP contribution < -0.4 is 10.6 Å². The number of imidazole rings is 1. The summed E-state index contributed by atoms with van der Waals surface area (Å²) < 4.78 is 41.7. The van der Waals surface area contributed by atoms with E-state index in [1.165, 1.54) is 19.4 Å². The zero-order chi connectivity index (χ0) is 20.8. The third-order valence-corrected chi connectivity index (χ3v) is 5.02. The number of hydrogen-bond donors (Lipinski definition) is 3. The van der Waals surface area contributed by atoms with Crippen molar-refractivity contribution in [1.82, 2.24) is 25.2 Å². The van der Waals surface area contributed by atoms with E-state index in [1.807, 2.05) is 13.8 Å². The Kier molecular flexibility index (Phi) is 9.82. The van der Waals surface area contributed by atoms with E-state index < -0.39 is 24.0 Å². The number of aliphatic imine (C=N–C) groups is 1. The van der Waals surface area contributed by atoms with Crippen LogP contribution in [0.4, 0.5) is 13.2 Å². The first kappa shape index (κ1) is 25.6. The fraction of sp³-hybridized carbons (Fsp3) is 0.588. The third-order valence-electron chi connectivity index (χ3n) is 4.05. The molecule has 0 spiro atoms. The molecule has 0 bridgehead atoms. The second-order valence-corrected chi connectivity index (χ2v) is 7.59. The van der Waals surface area contributed by atoms with E-state index in [2.05, 4.69) is 25.6 Å². The first-order valence-electron chi connectivity index (χ1n) is 8.87. The number of aromatic nitrogens is 3. The van der Waals surface area contributed by atoms with E-state index in [0.29, 0.717) is 25.5 Å². The molecule has 0 fully saturated rings. The van der Waals surface area contributed by atoms with Crippen LogP contribution in [0.15, 0.2) is 23.6 Å². The molecule has 3 N–H and O–H groups in total. The van der Waals surface area contributed by atoms with Gasteiger partial charge in [-0.2, -0.15) is 13.2 Å². The van der Waals surface area contributed by atoms with Crippen LogP contribution in [0.1, 0.15) is 29.1 Å². The van der Waals surface area contributed by atoms with Gasteiger partial charge in [0.05, 0.1) is 5.01 Å². The second-order valence-electron chi connectivity index (χ2n) is 6.27. The monoisotopic (exact) mass is 546 g/mol. The fourth-order valence-electron chi connectivity index (χ4n) is 2.62. The first-order valence-corrected chi connectivity index (χ1v) is 9.69. The van der Waals surface area contributed by atoms with Crippen LogP contribution in [0.2, 0.25) is 0 Å². The highest BCUT2D eigenvalue weighted by Crippen LogP contribution is 2.40. The van der Waals surface area contributed by atoms with Gasteiger partial charge in [0.25, 0.3) is 0 Å². The lowest BCUT2D eigenvalue weighted by Crippen LogP contribution is -2.45. The lowest BCUT2D eigenvalue weighted by Gasteiger charge is -2.29. The minimum Gasteiger partial charge on any atom is -0.374 e. The van der Waals surface area contributed by atoms with Crippen molar-refractivity contribution in [3.63, 3.8) is 0 Å². The summed E-state index contributed by atoms with van der Waals surface area (Å²) in [6, 6.07) is 0. The van der Waals surface area contributed by atoms with Crippen molar-refractivity contribution in [3.05, 3.63) is 34.3 Å². The standard InChI is InChI=1S/C17H25F3N6OS.HI/c1-4-21-15(23-7-5-13-25-11-12(2)28-13)24-8-6-16(27,17(18,19)20)14-22-9-10-26(14)3;/h9-11,27H,4-8H2,1-3H3,(H2,21,23,24);1H. The predicted molar refractivity (Wildman–Crippen MR) is 118 cm³/mol. The normalized spacial score (nSPS) is 14.2. The molecule has 2 heterocycles. The zero-order valence-corrected chi connectivity index (χ0v) is 19.6. The molecule has 0 aliphatic carbocycles. The summed E-state index contributed by atoms with van der Waals surface area (Å²) >= 11 is 1.60. The number of thiazole rings is 1. The summed E-state index contributed by atoms with van der Waals surface area (Å²) in [5, 5.41) is 17.4. The molecule has 0 saturated carbocycles. The molecule has 0 radical (unpaired) electrons. The predicted octanol–water partition coefficient (Wildman–Crippen LogP) is 2.74. The van der Waals surface area contributed by atoms with Gasteiger partial charge in [0.15, 0.2) is 5.96 Å². The number of guanidine groups is 1. The Hall–Kier alpha value is -1.41. The maximum absolute atomic E-state index is 13.5. The third kappa shape index (κ3) is 6.81. The van der Waals surface area contributed by atoms with Crippen molar-refractivity contribution >= 4 is 41.3 Å². The Morgan fingerprint density at radius 3 is 2.55 bits per heavy atom. The minimum absolute atomic E-state index is 0. The number of hydrogen-bond acceptors (Lipinski definition) is 5. The zero-order valence-electron chi connectivity index (χ0n) is 16.5. The second kappa shape index (κ2) is 11.1. The number of nitrogens with one attached hydrogen (secondary N) is 2. The summed E-state index contributed by atoms with van der Waals surface area (Å²) in [7, 11) is 1.41. The lowest BCUT2D eigenvalue weighted by atomic mass is 9.98. The molecule has 0 amide bonds. The molecule has 7 nitrogen and oxygen atoms in total. The van der Waals surface area contributed by atoms with Crippen LogP contribution in [0.3, 0.4) is 0 Å². The Bertz CT molecular complexity index is 794. The molecule has 1 atom stereocenters. The lowest BCUT2D eigenvalue weighted by molar-refractivity contribution is -0.272. The minimum atomic E-state index is -4.86. The van der Waals surface area contributed by atoms with Crippen molar-refractivity contribution in [1.29, 1.82) is 0 Å². The number of rotatable bonds is 8. The molecule has 2 rings (SSSR count). The number of halogens is 4. The Morgan fingerprint density at radius 1 is 1.31 bits per heavy atom. The van der Waals surface area contributed by atoms with Gasteiger partial charge < -0.3 is 20.3 Å². The summed E-state index contributed by atoms with van der Waals surface area (Å²) in [6.07, 6.45) is -0.431. The molecule has 2 aromatic rings. The van der Waals surface area contributed by atoms with E-state index in [4.69, 9.17) is 0 Å². The summed E-state index contributed by atoms with van der Waals surface area (Å²) in [5.41, 5.74) is -3.06. The van der Waals surface area contributed by atoms with Crippen LogP contribution in [0.5, 0.6) is 0 Å². The summed E-state index contributed by atoms with van der Waals surface area (Å²) in [6.45, 7) is 4.71. The number of aliphatic hydroxyl groups is 1. The highest BCUT2D eigenvalue weighted by molar-refractivity contribution is 14.0. The largest absolute Gasteiger partial charge is 0.424 e. The maximum atomic E-state index is 13.5. The average Bonchev–Trinajstić information content (AvgIpc) is 3.22. The van der Waals surface area contributed by atoms with Gasteiger partial charge in [0.2, 0.25) is 5.60 Å². The van der Waals surface area contributed by atoms with E-state index in [1.54, 1.807) is 17.5 Å². The van der Waals surface area contributed by atoms with Gasteiger partial charge in [-0.1, -0.05) is 0 Å². The van der Waals surface area contributed by atoms with Crippen LogP contribution >= 0.6 is 35.3 Å². The highest BCUT2D eigenvalue weighted by atomic mass is 127. The molecule has 0 aliphatic heterocycles. The van der Waals surface area contributed by atoms with Crippen molar-refractivity contribution in [2.45, 2.75) is 38.5 Å². The van der Waals surface area contributed by atoms with Crippen LogP contribution in [-0.2, 0) is 19.1 Å². The molecule has 12 heteroatoms. The van der Waals surface area contributed by atoms with Crippen LogP contribution in [0, 0.1) is 6.92 Å². The van der Waals surface area contributed by atoms with Crippen molar-refractivity contribution < 1.29 is 18.3 Å². The van der Waals surface area contributed by atoms with Gasteiger partial charge in [-0.15, -0.1) is 35.3 Å². The molecule has 0 aromatic carbocycles. The molecule has 1 unspecified atom stereocenters. The summed E-state index contributed by atoms with van der Waals surface area (Å²) in [4.78, 5) is 13.2. The van der Waals surface area contributed by atoms with Gasteiger partial charge in [-0.3, -0.25) is 4.99 Å². The van der Waals surface area contributed by atoms with E-state index in [-0.39, 0.29) is 30.5 Å². The van der Waals surface area contributed by atoms with E-state index >= 15 is 0 Å². The van der Waals surface area contributed by atoms with Crippen molar-refractivity contribution in [3.8, 4) is 0 Å². The molecule has 164 valence electrons. The average molecular weight is 546 g/mol. The van der Waals surface area contributed by atoms with Crippen LogP contribution in [-0.4, -0.2) is 51.4 Å². The smallest absolute Gasteiger partial charge is 0.374 e. The molecule has 0 saturated heterocycles.